The van der Waals surface area contributed by atoms with E-state index in [0.717, 1.165) is 30.7 Å². The maximum absolute atomic E-state index is 6.26. The zero-order valence-electron chi connectivity index (χ0n) is 15.4. The summed E-state index contributed by atoms with van der Waals surface area (Å²) >= 11 is 0. The van der Waals surface area contributed by atoms with Gasteiger partial charge < -0.3 is 19.7 Å². The van der Waals surface area contributed by atoms with Crippen LogP contribution in [-0.2, 0) is 10.3 Å². The summed E-state index contributed by atoms with van der Waals surface area (Å²) in [5.74, 6) is 1.63. The fourth-order valence-electron chi connectivity index (χ4n) is 2.91. The number of benzene rings is 1. The summed E-state index contributed by atoms with van der Waals surface area (Å²) in [6, 6.07) is 7.49. The second kappa shape index (κ2) is 7.09. The van der Waals surface area contributed by atoms with Gasteiger partial charge >= 0.3 is 0 Å². The summed E-state index contributed by atoms with van der Waals surface area (Å²) < 4.78 is 15.9. The molecule has 0 saturated heterocycles. The largest absolute Gasteiger partial charge is 0.491 e. The molecule has 0 atom stereocenters. The number of aryl methyl sites for hydroxylation is 1. The standard InChI is InChI=1S/C18H22N6O3/c1-12-15(16-20-17(23-27-16)18(19)8-3-9-18)22-24(21-12)13-4-6-14(7-5-13)26-11-10-25-2/h4-7H,3,8-11,19H2,1-2H3. The van der Waals surface area contributed by atoms with Gasteiger partial charge in [-0.1, -0.05) is 5.16 Å². The van der Waals surface area contributed by atoms with E-state index in [2.05, 4.69) is 20.3 Å². The summed E-state index contributed by atoms with van der Waals surface area (Å²) in [4.78, 5) is 5.98. The Morgan fingerprint density at radius 3 is 2.63 bits per heavy atom. The van der Waals surface area contributed by atoms with Gasteiger partial charge in [0, 0.05) is 7.11 Å². The number of nitrogens with two attached hydrogens (primary N) is 1. The highest BCUT2D eigenvalue weighted by Gasteiger charge is 2.39. The quantitative estimate of drug-likeness (QED) is 0.628. The van der Waals surface area contributed by atoms with Gasteiger partial charge in [0.1, 0.15) is 12.4 Å². The molecule has 0 amide bonds. The Kier molecular flexibility index (Phi) is 4.63. The van der Waals surface area contributed by atoms with Crippen molar-refractivity contribution in [2.75, 3.05) is 20.3 Å². The average molecular weight is 370 g/mol. The van der Waals surface area contributed by atoms with Crippen molar-refractivity contribution in [2.45, 2.75) is 31.7 Å². The van der Waals surface area contributed by atoms with E-state index in [0.29, 0.717) is 36.3 Å². The van der Waals surface area contributed by atoms with E-state index < -0.39 is 5.54 Å². The van der Waals surface area contributed by atoms with E-state index in [1.54, 1.807) is 7.11 Å². The predicted octanol–water partition coefficient (Wildman–Crippen LogP) is 1.99. The van der Waals surface area contributed by atoms with Gasteiger partial charge in [-0.15, -0.1) is 5.10 Å². The van der Waals surface area contributed by atoms with Crippen LogP contribution in [0.5, 0.6) is 5.75 Å². The summed E-state index contributed by atoms with van der Waals surface area (Å²) in [6.45, 7) is 2.90. The molecule has 1 fully saturated rings. The maximum Gasteiger partial charge on any atom is 0.280 e. The lowest BCUT2D eigenvalue weighted by atomic mass is 9.77. The smallest absolute Gasteiger partial charge is 0.280 e. The van der Waals surface area contributed by atoms with Gasteiger partial charge in [0.2, 0.25) is 0 Å². The number of rotatable bonds is 7. The van der Waals surface area contributed by atoms with Crippen molar-refractivity contribution in [3.05, 3.63) is 35.8 Å². The predicted molar refractivity (Wildman–Crippen MR) is 96.5 cm³/mol. The van der Waals surface area contributed by atoms with Gasteiger partial charge in [0.05, 0.1) is 23.5 Å². The molecule has 9 nitrogen and oxygen atoms in total. The number of methoxy groups -OCH3 is 1. The van der Waals surface area contributed by atoms with Crippen LogP contribution < -0.4 is 10.5 Å². The van der Waals surface area contributed by atoms with Crippen LogP contribution in [0.2, 0.25) is 0 Å². The first kappa shape index (κ1) is 17.6. The monoisotopic (exact) mass is 370 g/mol. The highest BCUT2D eigenvalue weighted by molar-refractivity contribution is 5.50. The lowest BCUT2D eigenvalue weighted by molar-refractivity contribution is 0.146. The Labute approximate surface area is 156 Å². The lowest BCUT2D eigenvalue weighted by Gasteiger charge is -2.34. The van der Waals surface area contributed by atoms with Crippen LogP contribution in [-0.4, -0.2) is 45.5 Å². The van der Waals surface area contributed by atoms with E-state index in [-0.39, 0.29) is 0 Å². The van der Waals surface area contributed by atoms with Crippen LogP contribution in [0.4, 0.5) is 0 Å². The molecule has 1 aliphatic rings. The van der Waals surface area contributed by atoms with Crippen molar-refractivity contribution >= 4 is 0 Å². The third kappa shape index (κ3) is 3.43. The molecule has 27 heavy (non-hydrogen) atoms. The van der Waals surface area contributed by atoms with Crippen LogP contribution in [0.15, 0.2) is 28.8 Å². The fourth-order valence-corrected chi connectivity index (χ4v) is 2.91. The summed E-state index contributed by atoms with van der Waals surface area (Å²) in [6.07, 6.45) is 2.83. The second-order valence-electron chi connectivity index (χ2n) is 6.69. The molecule has 2 aromatic heterocycles. The van der Waals surface area contributed by atoms with Crippen LogP contribution in [0.25, 0.3) is 17.3 Å². The molecule has 142 valence electrons. The Morgan fingerprint density at radius 2 is 1.96 bits per heavy atom. The first-order valence-electron chi connectivity index (χ1n) is 8.89. The third-order valence-corrected chi connectivity index (χ3v) is 4.73. The maximum atomic E-state index is 6.26. The summed E-state index contributed by atoms with van der Waals surface area (Å²) in [5.41, 5.74) is 7.85. The number of hydrogen-bond acceptors (Lipinski definition) is 8. The highest BCUT2D eigenvalue weighted by atomic mass is 16.5. The Bertz CT molecular complexity index is 914. The van der Waals surface area contributed by atoms with E-state index in [9.17, 15) is 0 Å². The number of aromatic nitrogens is 5. The molecular weight excluding hydrogens is 348 g/mol. The molecule has 0 unspecified atom stereocenters. The molecule has 3 aromatic rings. The van der Waals surface area contributed by atoms with E-state index in [1.807, 2.05) is 31.2 Å². The highest BCUT2D eigenvalue weighted by Crippen LogP contribution is 2.37. The van der Waals surface area contributed by atoms with Gasteiger partial charge in [0.15, 0.2) is 11.5 Å². The van der Waals surface area contributed by atoms with Gasteiger partial charge in [-0.25, -0.2) is 0 Å². The number of hydrogen-bond donors (Lipinski definition) is 1. The molecule has 1 saturated carbocycles. The number of ether oxygens (including phenoxy) is 2. The minimum Gasteiger partial charge on any atom is -0.491 e. The van der Waals surface area contributed by atoms with Crippen molar-refractivity contribution in [1.29, 1.82) is 0 Å². The molecule has 0 radical (unpaired) electrons. The molecule has 4 rings (SSSR count). The lowest BCUT2D eigenvalue weighted by Crippen LogP contribution is -2.44. The topological polar surface area (TPSA) is 114 Å². The minimum atomic E-state index is -0.468. The average Bonchev–Trinajstić information content (AvgIpc) is 3.27. The van der Waals surface area contributed by atoms with E-state index in [1.165, 1.54) is 4.80 Å². The molecule has 1 aromatic carbocycles. The minimum absolute atomic E-state index is 0.338. The first-order chi connectivity index (χ1) is 13.1. The Hall–Kier alpha value is -2.78. The molecule has 2 heterocycles. The van der Waals surface area contributed by atoms with Crippen molar-refractivity contribution in [2.24, 2.45) is 5.73 Å². The van der Waals surface area contributed by atoms with Crippen molar-refractivity contribution in [1.82, 2.24) is 25.1 Å². The van der Waals surface area contributed by atoms with Crippen LogP contribution in [0.3, 0.4) is 0 Å². The Balaban J connectivity index is 1.53. The van der Waals surface area contributed by atoms with Gasteiger partial charge in [-0.05, 0) is 50.5 Å². The van der Waals surface area contributed by atoms with Gasteiger partial charge in [0.25, 0.3) is 5.89 Å². The first-order valence-corrected chi connectivity index (χ1v) is 8.89. The molecule has 9 heteroatoms. The summed E-state index contributed by atoms with van der Waals surface area (Å²) in [7, 11) is 1.64. The fraction of sp³-hybridized carbons (Fsp3) is 0.444. The molecule has 0 aliphatic heterocycles. The van der Waals surface area contributed by atoms with Crippen LogP contribution in [0.1, 0.15) is 30.8 Å². The van der Waals surface area contributed by atoms with E-state index in [4.69, 9.17) is 19.7 Å². The van der Waals surface area contributed by atoms with Crippen molar-refractivity contribution in [3.63, 3.8) is 0 Å². The van der Waals surface area contributed by atoms with Crippen LogP contribution >= 0.6 is 0 Å². The Morgan fingerprint density at radius 1 is 1.19 bits per heavy atom. The van der Waals surface area contributed by atoms with E-state index >= 15 is 0 Å². The van der Waals surface area contributed by atoms with Crippen LogP contribution in [0, 0.1) is 6.92 Å². The SMILES string of the molecule is COCCOc1ccc(-n2nc(C)c(-c3nc(C4(N)CCC4)no3)n2)cc1. The molecule has 1 aliphatic carbocycles. The molecule has 0 spiro atoms. The summed E-state index contributed by atoms with van der Waals surface area (Å²) in [5, 5.41) is 13.0. The normalized spacial score (nSPS) is 15.5. The van der Waals surface area contributed by atoms with Crippen molar-refractivity contribution < 1.29 is 14.0 Å². The molecule has 0 bridgehead atoms. The zero-order valence-corrected chi connectivity index (χ0v) is 15.4. The number of nitrogens with zero attached hydrogens (tertiary/aromatic N) is 5. The zero-order chi connectivity index (χ0) is 18.9. The van der Waals surface area contributed by atoms with Crippen molar-refractivity contribution in [3.8, 4) is 23.0 Å². The third-order valence-electron chi connectivity index (χ3n) is 4.73. The van der Waals surface area contributed by atoms with Gasteiger partial charge in [-0.3, -0.25) is 0 Å². The molecule has 2 N–H and O–H groups in total. The molecular formula is C18H22N6O3. The second-order valence-corrected chi connectivity index (χ2v) is 6.69. The van der Waals surface area contributed by atoms with Gasteiger partial charge in [-0.2, -0.15) is 14.9 Å².